The number of carbonyl (C=O) groups excluding carboxylic acids is 1. The second kappa shape index (κ2) is 6.66. The van der Waals surface area contributed by atoms with Crippen LogP contribution in [0.3, 0.4) is 0 Å². The topological polar surface area (TPSA) is 62.2 Å². The normalized spacial score (nSPS) is 23.7. The third kappa shape index (κ3) is 4.03. The van der Waals surface area contributed by atoms with Gasteiger partial charge in [-0.05, 0) is 31.4 Å². The van der Waals surface area contributed by atoms with Crippen molar-refractivity contribution in [1.29, 1.82) is 0 Å². The van der Waals surface area contributed by atoms with Gasteiger partial charge in [-0.15, -0.1) is 0 Å². The van der Waals surface area contributed by atoms with E-state index < -0.39 is 6.10 Å². The number of aromatic nitrogens is 1. The van der Waals surface area contributed by atoms with Crippen LogP contribution < -0.4 is 5.32 Å². The molecule has 19 heavy (non-hydrogen) atoms. The number of hydrogen-bond acceptors (Lipinski definition) is 3. The van der Waals surface area contributed by atoms with E-state index in [1.54, 1.807) is 6.20 Å². The minimum Gasteiger partial charge on any atom is -0.391 e. The zero-order valence-corrected chi connectivity index (χ0v) is 11.4. The molecule has 0 radical (unpaired) electrons. The zero-order valence-electron chi connectivity index (χ0n) is 11.4. The fourth-order valence-corrected chi connectivity index (χ4v) is 2.57. The lowest BCUT2D eigenvalue weighted by atomic mass is 10.1. The van der Waals surface area contributed by atoms with Crippen molar-refractivity contribution in [2.45, 2.75) is 57.6 Å². The monoisotopic (exact) mass is 262 g/mol. The summed E-state index contributed by atoms with van der Waals surface area (Å²) in [4.78, 5) is 16.3. The van der Waals surface area contributed by atoms with Crippen LogP contribution in [-0.4, -0.2) is 28.1 Å². The fourth-order valence-electron chi connectivity index (χ4n) is 2.57. The molecule has 0 bridgehead atoms. The van der Waals surface area contributed by atoms with Gasteiger partial charge in [0, 0.05) is 6.20 Å². The summed E-state index contributed by atoms with van der Waals surface area (Å²) in [6, 6.07) is 3.72. The molecule has 4 nitrogen and oxygen atoms in total. The molecule has 2 N–H and O–H groups in total. The Balaban J connectivity index is 1.92. The molecule has 4 heteroatoms. The lowest BCUT2D eigenvalue weighted by Gasteiger charge is -2.21. The zero-order chi connectivity index (χ0) is 13.7. The molecule has 104 valence electrons. The second-order valence-corrected chi connectivity index (χ2v) is 5.32. The van der Waals surface area contributed by atoms with E-state index in [0.717, 1.165) is 43.4 Å². The first-order valence-electron chi connectivity index (χ1n) is 7.05. The molecule has 1 fully saturated rings. The molecular formula is C15H22N2O2. The number of amides is 1. The van der Waals surface area contributed by atoms with E-state index >= 15 is 0 Å². The highest BCUT2D eigenvalue weighted by molar-refractivity contribution is 5.78. The maximum Gasteiger partial charge on any atom is 0.226 e. The molecule has 1 aromatic rings. The Morgan fingerprint density at radius 1 is 1.42 bits per heavy atom. The first-order chi connectivity index (χ1) is 9.16. The fraction of sp³-hybridized carbons (Fsp3) is 0.600. The summed E-state index contributed by atoms with van der Waals surface area (Å²) >= 11 is 0. The van der Waals surface area contributed by atoms with E-state index in [4.69, 9.17) is 0 Å². The van der Waals surface area contributed by atoms with E-state index in [-0.39, 0.29) is 18.4 Å². The van der Waals surface area contributed by atoms with Crippen LogP contribution in [0.1, 0.15) is 43.4 Å². The third-order valence-electron chi connectivity index (χ3n) is 3.77. The summed E-state index contributed by atoms with van der Waals surface area (Å²) in [5, 5.41) is 12.9. The Kier molecular flexibility index (Phi) is 4.91. The first kappa shape index (κ1) is 14.0. The molecule has 0 saturated heterocycles. The van der Waals surface area contributed by atoms with Gasteiger partial charge in [-0.2, -0.15) is 0 Å². The summed E-state index contributed by atoms with van der Waals surface area (Å²) in [5.74, 6) is -0.0484. The lowest BCUT2D eigenvalue weighted by Crippen LogP contribution is -2.43. The van der Waals surface area contributed by atoms with Crippen molar-refractivity contribution in [2.24, 2.45) is 0 Å². The number of aryl methyl sites for hydroxylation is 1. The summed E-state index contributed by atoms with van der Waals surface area (Å²) in [5.41, 5.74) is 1.84. The van der Waals surface area contributed by atoms with Gasteiger partial charge in [-0.25, -0.2) is 0 Å². The van der Waals surface area contributed by atoms with Gasteiger partial charge < -0.3 is 10.4 Å². The van der Waals surface area contributed by atoms with Gasteiger partial charge in [0.25, 0.3) is 0 Å². The molecule has 1 saturated carbocycles. The summed E-state index contributed by atoms with van der Waals surface area (Å²) in [6.07, 6.45) is 6.50. The molecule has 1 aromatic heterocycles. The van der Waals surface area contributed by atoms with E-state index in [1.807, 2.05) is 19.1 Å². The first-order valence-corrected chi connectivity index (χ1v) is 7.05. The Morgan fingerprint density at radius 3 is 3.00 bits per heavy atom. The Morgan fingerprint density at radius 2 is 2.21 bits per heavy atom. The van der Waals surface area contributed by atoms with E-state index in [2.05, 4.69) is 10.3 Å². The van der Waals surface area contributed by atoms with E-state index in [0.29, 0.717) is 0 Å². The predicted molar refractivity (Wildman–Crippen MR) is 73.7 cm³/mol. The highest BCUT2D eigenvalue weighted by Gasteiger charge is 2.23. The SMILES string of the molecule is Cc1cccnc1CC(=O)NC1CCCCCC1O. The van der Waals surface area contributed by atoms with Gasteiger partial charge in [0.2, 0.25) is 5.91 Å². The molecule has 1 heterocycles. The molecular weight excluding hydrogens is 240 g/mol. The molecule has 1 amide bonds. The van der Waals surface area contributed by atoms with Gasteiger partial charge in [0.1, 0.15) is 0 Å². The van der Waals surface area contributed by atoms with Crippen LogP contribution in [0.2, 0.25) is 0 Å². The van der Waals surface area contributed by atoms with Crippen LogP contribution in [0.4, 0.5) is 0 Å². The summed E-state index contributed by atoms with van der Waals surface area (Å²) in [7, 11) is 0. The molecule has 1 aliphatic carbocycles. The minimum absolute atomic E-state index is 0.0484. The molecule has 2 unspecified atom stereocenters. The van der Waals surface area contributed by atoms with Gasteiger partial charge >= 0.3 is 0 Å². The average Bonchev–Trinajstić information content (AvgIpc) is 2.58. The van der Waals surface area contributed by atoms with Crippen molar-refractivity contribution in [3.8, 4) is 0 Å². The standard InChI is InChI=1S/C15H22N2O2/c1-11-6-5-9-16-13(11)10-15(19)17-12-7-3-2-4-8-14(12)18/h5-6,9,12,14,18H,2-4,7-8,10H2,1H3,(H,17,19). The Bertz CT molecular complexity index is 434. The third-order valence-corrected chi connectivity index (χ3v) is 3.77. The van der Waals surface area contributed by atoms with Crippen LogP contribution >= 0.6 is 0 Å². The Hall–Kier alpha value is -1.42. The summed E-state index contributed by atoms with van der Waals surface area (Å²) < 4.78 is 0. The largest absolute Gasteiger partial charge is 0.391 e. The lowest BCUT2D eigenvalue weighted by molar-refractivity contribution is -0.122. The number of aliphatic hydroxyl groups excluding tert-OH is 1. The Labute approximate surface area is 114 Å². The molecule has 0 aromatic carbocycles. The van der Waals surface area contributed by atoms with Gasteiger partial charge in [0.05, 0.1) is 24.3 Å². The number of nitrogens with one attached hydrogen (secondary N) is 1. The van der Waals surface area contributed by atoms with Crippen molar-refractivity contribution >= 4 is 5.91 Å². The van der Waals surface area contributed by atoms with E-state index in [9.17, 15) is 9.90 Å². The minimum atomic E-state index is -0.406. The average molecular weight is 262 g/mol. The number of hydrogen-bond donors (Lipinski definition) is 2. The molecule has 2 atom stereocenters. The van der Waals surface area contributed by atoms with Crippen molar-refractivity contribution in [3.05, 3.63) is 29.6 Å². The van der Waals surface area contributed by atoms with Crippen LogP contribution in [0.25, 0.3) is 0 Å². The van der Waals surface area contributed by atoms with Crippen LogP contribution in [-0.2, 0) is 11.2 Å². The second-order valence-electron chi connectivity index (χ2n) is 5.32. The highest BCUT2D eigenvalue weighted by atomic mass is 16.3. The van der Waals surface area contributed by atoms with E-state index in [1.165, 1.54) is 0 Å². The molecule has 2 rings (SSSR count). The van der Waals surface area contributed by atoms with Crippen LogP contribution in [0.15, 0.2) is 18.3 Å². The molecule has 1 aliphatic rings. The molecule has 0 aliphatic heterocycles. The molecule has 0 spiro atoms. The number of rotatable bonds is 3. The number of nitrogens with zero attached hydrogens (tertiary/aromatic N) is 1. The summed E-state index contributed by atoms with van der Waals surface area (Å²) in [6.45, 7) is 1.95. The van der Waals surface area contributed by atoms with Crippen LogP contribution in [0, 0.1) is 6.92 Å². The van der Waals surface area contributed by atoms with Gasteiger partial charge in [-0.1, -0.05) is 25.3 Å². The number of pyridine rings is 1. The number of carbonyl (C=O) groups is 1. The van der Waals surface area contributed by atoms with Gasteiger partial charge in [0.15, 0.2) is 0 Å². The quantitative estimate of drug-likeness (QED) is 0.816. The van der Waals surface area contributed by atoms with Crippen molar-refractivity contribution in [2.75, 3.05) is 0 Å². The van der Waals surface area contributed by atoms with Crippen molar-refractivity contribution in [1.82, 2.24) is 10.3 Å². The van der Waals surface area contributed by atoms with Crippen LogP contribution in [0.5, 0.6) is 0 Å². The number of aliphatic hydroxyl groups is 1. The highest BCUT2D eigenvalue weighted by Crippen LogP contribution is 2.18. The van der Waals surface area contributed by atoms with Gasteiger partial charge in [-0.3, -0.25) is 9.78 Å². The maximum atomic E-state index is 12.0. The predicted octanol–water partition coefficient (Wildman–Crippen LogP) is 1.74. The smallest absolute Gasteiger partial charge is 0.226 e. The van der Waals surface area contributed by atoms with Crippen molar-refractivity contribution in [3.63, 3.8) is 0 Å². The van der Waals surface area contributed by atoms with Crippen molar-refractivity contribution < 1.29 is 9.90 Å². The maximum absolute atomic E-state index is 12.0.